The molecule has 0 aliphatic heterocycles. The second kappa shape index (κ2) is 4.84. The zero-order chi connectivity index (χ0) is 15.2. The minimum Gasteiger partial charge on any atom is -0.386 e. The Morgan fingerprint density at radius 1 is 1.43 bits per heavy atom. The molecule has 0 unspecified atom stereocenters. The number of fused-ring (bicyclic) bond motifs is 1. The van der Waals surface area contributed by atoms with Crippen molar-refractivity contribution >= 4 is 22.9 Å². The summed E-state index contributed by atoms with van der Waals surface area (Å²) in [7, 11) is 0. The molecule has 1 amide bonds. The number of aliphatic hydroxyl groups is 1. The number of nitrogens with one attached hydrogen (secondary N) is 1. The highest BCUT2D eigenvalue weighted by Crippen LogP contribution is 2.38. The standard InChI is InChI=1S/C16H21N3O2/c1-10(20)17-15-18-13-8-7-11(16(2,3)21)9-14(13)19(15)12-5-4-6-12/h7-9,12,21H,4-6H2,1-3H3,(H,17,18,20). The van der Waals surface area contributed by atoms with E-state index >= 15 is 0 Å². The van der Waals surface area contributed by atoms with E-state index in [4.69, 9.17) is 0 Å². The van der Waals surface area contributed by atoms with Gasteiger partial charge in [-0.05, 0) is 50.8 Å². The average Bonchev–Trinajstić information content (AvgIpc) is 2.63. The Bertz CT molecular complexity index is 693. The number of hydrogen-bond donors (Lipinski definition) is 2. The van der Waals surface area contributed by atoms with Crippen molar-refractivity contribution in [1.29, 1.82) is 0 Å². The molecule has 0 spiro atoms. The number of anilines is 1. The number of nitrogens with zero attached hydrogens (tertiary/aromatic N) is 2. The molecular formula is C16H21N3O2. The van der Waals surface area contributed by atoms with Gasteiger partial charge in [-0.2, -0.15) is 0 Å². The normalized spacial score (nSPS) is 16.0. The molecule has 1 saturated carbocycles. The molecule has 1 aromatic heterocycles. The predicted octanol–water partition coefficient (Wildman–Crippen LogP) is 2.95. The van der Waals surface area contributed by atoms with E-state index < -0.39 is 5.60 Å². The lowest BCUT2D eigenvalue weighted by Gasteiger charge is -2.29. The number of aromatic nitrogens is 2. The fourth-order valence-electron chi connectivity index (χ4n) is 2.73. The average molecular weight is 287 g/mol. The summed E-state index contributed by atoms with van der Waals surface area (Å²) in [5.41, 5.74) is 1.78. The van der Waals surface area contributed by atoms with Crippen LogP contribution >= 0.6 is 0 Å². The van der Waals surface area contributed by atoms with Gasteiger partial charge in [0, 0.05) is 13.0 Å². The molecule has 5 nitrogen and oxygen atoms in total. The lowest BCUT2D eigenvalue weighted by molar-refractivity contribution is -0.114. The Hall–Kier alpha value is -1.88. The van der Waals surface area contributed by atoms with Crippen LogP contribution in [0.15, 0.2) is 18.2 Å². The van der Waals surface area contributed by atoms with Gasteiger partial charge in [-0.25, -0.2) is 4.98 Å². The Morgan fingerprint density at radius 2 is 2.14 bits per heavy atom. The van der Waals surface area contributed by atoms with Crippen molar-refractivity contribution in [3.8, 4) is 0 Å². The Labute approximate surface area is 124 Å². The quantitative estimate of drug-likeness (QED) is 0.912. The van der Waals surface area contributed by atoms with Gasteiger partial charge >= 0.3 is 0 Å². The van der Waals surface area contributed by atoms with E-state index in [0.29, 0.717) is 12.0 Å². The summed E-state index contributed by atoms with van der Waals surface area (Å²) in [4.78, 5) is 15.9. The van der Waals surface area contributed by atoms with Gasteiger partial charge in [-0.3, -0.25) is 10.1 Å². The van der Waals surface area contributed by atoms with Gasteiger partial charge in [-0.15, -0.1) is 0 Å². The van der Waals surface area contributed by atoms with Crippen LogP contribution in [0.2, 0.25) is 0 Å². The van der Waals surface area contributed by atoms with Crippen LogP contribution < -0.4 is 5.32 Å². The summed E-state index contributed by atoms with van der Waals surface area (Å²) in [6, 6.07) is 6.15. The van der Waals surface area contributed by atoms with Gasteiger partial charge in [-0.1, -0.05) is 6.07 Å². The van der Waals surface area contributed by atoms with E-state index in [1.807, 2.05) is 18.2 Å². The summed E-state index contributed by atoms with van der Waals surface area (Å²) in [5, 5.41) is 13.0. The van der Waals surface area contributed by atoms with Crippen molar-refractivity contribution in [3.05, 3.63) is 23.8 Å². The van der Waals surface area contributed by atoms with Crippen LogP contribution in [0.5, 0.6) is 0 Å². The lowest BCUT2D eigenvalue weighted by atomic mass is 9.92. The molecule has 0 saturated heterocycles. The number of benzene rings is 1. The summed E-state index contributed by atoms with van der Waals surface area (Å²) >= 11 is 0. The molecule has 0 radical (unpaired) electrons. The zero-order valence-electron chi connectivity index (χ0n) is 12.7. The molecule has 3 rings (SSSR count). The molecule has 1 aromatic carbocycles. The Balaban J connectivity index is 2.17. The van der Waals surface area contributed by atoms with Crippen LogP contribution in [0.3, 0.4) is 0 Å². The van der Waals surface area contributed by atoms with Crippen molar-refractivity contribution in [2.45, 2.75) is 51.7 Å². The molecular weight excluding hydrogens is 266 g/mol. The molecule has 2 N–H and O–H groups in total. The topological polar surface area (TPSA) is 67.2 Å². The highest BCUT2D eigenvalue weighted by molar-refractivity contribution is 5.90. The largest absolute Gasteiger partial charge is 0.386 e. The van der Waals surface area contributed by atoms with Crippen LogP contribution in [0, 0.1) is 0 Å². The van der Waals surface area contributed by atoms with E-state index in [1.54, 1.807) is 13.8 Å². The summed E-state index contributed by atoms with van der Waals surface area (Å²) in [6.07, 6.45) is 3.41. The number of carbonyl (C=O) groups is 1. The van der Waals surface area contributed by atoms with Gasteiger partial charge in [0.2, 0.25) is 11.9 Å². The first-order valence-corrected chi connectivity index (χ1v) is 7.38. The highest BCUT2D eigenvalue weighted by Gasteiger charge is 2.26. The molecule has 1 heterocycles. The molecule has 1 aliphatic rings. The van der Waals surface area contributed by atoms with Gasteiger partial charge in [0.05, 0.1) is 16.6 Å². The molecule has 112 valence electrons. The molecule has 1 aliphatic carbocycles. The van der Waals surface area contributed by atoms with Crippen molar-refractivity contribution in [2.75, 3.05) is 5.32 Å². The third-order valence-corrected chi connectivity index (χ3v) is 4.12. The monoisotopic (exact) mass is 287 g/mol. The lowest BCUT2D eigenvalue weighted by Crippen LogP contribution is -2.21. The third kappa shape index (κ3) is 2.53. The molecule has 2 aromatic rings. The fraction of sp³-hybridized carbons (Fsp3) is 0.500. The summed E-state index contributed by atoms with van der Waals surface area (Å²) < 4.78 is 2.11. The maximum absolute atomic E-state index is 11.4. The van der Waals surface area contributed by atoms with Crippen molar-refractivity contribution < 1.29 is 9.90 Å². The number of imidazole rings is 1. The van der Waals surface area contributed by atoms with Crippen LogP contribution in [0.25, 0.3) is 11.0 Å². The first kappa shape index (κ1) is 14.1. The first-order valence-electron chi connectivity index (χ1n) is 7.38. The third-order valence-electron chi connectivity index (χ3n) is 4.12. The Morgan fingerprint density at radius 3 is 2.67 bits per heavy atom. The number of hydrogen-bond acceptors (Lipinski definition) is 3. The van der Waals surface area contributed by atoms with E-state index in [2.05, 4.69) is 14.9 Å². The first-order chi connectivity index (χ1) is 9.86. The number of amides is 1. The van der Waals surface area contributed by atoms with Crippen molar-refractivity contribution in [1.82, 2.24) is 9.55 Å². The van der Waals surface area contributed by atoms with Crippen LogP contribution in [0.4, 0.5) is 5.95 Å². The van der Waals surface area contributed by atoms with Crippen LogP contribution in [-0.2, 0) is 10.4 Å². The van der Waals surface area contributed by atoms with Crippen molar-refractivity contribution in [2.24, 2.45) is 0 Å². The molecule has 21 heavy (non-hydrogen) atoms. The second-order valence-corrected chi connectivity index (χ2v) is 6.33. The minimum absolute atomic E-state index is 0.117. The summed E-state index contributed by atoms with van der Waals surface area (Å²) in [5.74, 6) is 0.490. The molecule has 1 fully saturated rings. The fourth-order valence-corrected chi connectivity index (χ4v) is 2.73. The van der Waals surface area contributed by atoms with Crippen molar-refractivity contribution in [3.63, 3.8) is 0 Å². The van der Waals surface area contributed by atoms with E-state index in [1.165, 1.54) is 13.3 Å². The van der Waals surface area contributed by atoms with Crippen LogP contribution in [-0.4, -0.2) is 20.6 Å². The number of rotatable bonds is 3. The summed E-state index contributed by atoms with van der Waals surface area (Å²) in [6.45, 7) is 5.03. The zero-order valence-corrected chi connectivity index (χ0v) is 12.7. The molecule has 0 atom stereocenters. The van der Waals surface area contributed by atoms with Gasteiger partial charge in [0.25, 0.3) is 0 Å². The van der Waals surface area contributed by atoms with Gasteiger partial charge < -0.3 is 9.67 Å². The van der Waals surface area contributed by atoms with E-state index in [-0.39, 0.29) is 5.91 Å². The highest BCUT2D eigenvalue weighted by atomic mass is 16.3. The maximum Gasteiger partial charge on any atom is 0.223 e. The predicted molar refractivity (Wildman–Crippen MR) is 82.2 cm³/mol. The van der Waals surface area contributed by atoms with Gasteiger partial charge in [0.15, 0.2) is 0 Å². The Kier molecular flexibility index (Phi) is 3.24. The second-order valence-electron chi connectivity index (χ2n) is 6.33. The molecule has 5 heteroatoms. The maximum atomic E-state index is 11.4. The van der Waals surface area contributed by atoms with Gasteiger partial charge in [0.1, 0.15) is 0 Å². The van der Waals surface area contributed by atoms with Crippen LogP contribution in [0.1, 0.15) is 51.6 Å². The SMILES string of the molecule is CC(=O)Nc1nc2ccc(C(C)(C)O)cc2n1C1CCC1. The smallest absolute Gasteiger partial charge is 0.223 e. The molecule has 0 bridgehead atoms. The number of carbonyl (C=O) groups excluding carboxylic acids is 1. The van der Waals surface area contributed by atoms with E-state index in [0.717, 1.165) is 29.4 Å². The van der Waals surface area contributed by atoms with E-state index in [9.17, 15) is 9.90 Å². The minimum atomic E-state index is -0.892.